The molecular weight excluding hydrogens is 400 g/mol. The Balaban J connectivity index is 1.81. The number of rotatable bonds is 21. The van der Waals surface area contributed by atoms with Gasteiger partial charge in [-0.25, -0.2) is 9.59 Å². The summed E-state index contributed by atoms with van der Waals surface area (Å²) in [6, 6.07) is 5.85. The van der Waals surface area contributed by atoms with Crippen LogP contribution in [0.5, 0.6) is 0 Å². The van der Waals surface area contributed by atoms with E-state index in [4.69, 9.17) is 9.84 Å². The van der Waals surface area contributed by atoms with Gasteiger partial charge in [-0.1, -0.05) is 116 Å². The fourth-order valence-electron chi connectivity index (χ4n) is 4.00. The number of benzene rings is 1. The van der Waals surface area contributed by atoms with Gasteiger partial charge in [0.25, 0.3) is 0 Å². The molecule has 0 aliphatic carbocycles. The molecular formula is C28H46O4. The van der Waals surface area contributed by atoms with Gasteiger partial charge in [0.05, 0.1) is 17.7 Å². The van der Waals surface area contributed by atoms with E-state index in [1.54, 1.807) is 0 Å². The van der Waals surface area contributed by atoms with Crippen molar-refractivity contribution in [3.63, 3.8) is 0 Å². The maximum atomic E-state index is 11.9. The Hall–Kier alpha value is -1.84. The third-order valence-corrected chi connectivity index (χ3v) is 6.10. The van der Waals surface area contributed by atoms with Gasteiger partial charge in [-0.15, -0.1) is 0 Å². The summed E-state index contributed by atoms with van der Waals surface area (Å²) in [5, 5.41) is 8.88. The summed E-state index contributed by atoms with van der Waals surface area (Å²) in [5.41, 5.74) is 0.572. The van der Waals surface area contributed by atoms with E-state index in [1.165, 1.54) is 127 Å². The number of aromatic carboxylic acids is 1. The minimum Gasteiger partial charge on any atom is -0.478 e. The van der Waals surface area contributed by atoms with Gasteiger partial charge in [-0.2, -0.15) is 0 Å². The minimum absolute atomic E-state index is 0.171. The number of carbonyl (C=O) groups is 2. The Labute approximate surface area is 196 Å². The van der Waals surface area contributed by atoms with Gasteiger partial charge >= 0.3 is 11.9 Å². The van der Waals surface area contributed by atoms with Crippen LogP contribution in [-0.2, 0) is 4.74 Å². The summed E-state index contributed by atoms with van der Waals surface area (Å²) >= 11 is 0. The molecule has 0 radical (unpaired) electrons. The van der Waals surface area contributed by atoms with Crippen molar-refractivity contribution in [1.82, 2.24) is 0 Å². The highest BCUT2D eigenvalue weighted by Gasteiger charge is 2.08. The fraction of sp³-hybridized carbons (Fsp3) is 0.714. The Morgan fingerprint density at radius 3 is 1.31 bits per heavy atom. The van der Waals surface area contributed by atoms with Crippen molar-refractivity contribution in [2.45, 2.75) is 122 Å². The number of unbranched alkanes of at least 4 members (excludes halogenated alkanes) is 17. The topological polar surface area (TPSA) is 63.6 Å². The van der Waals surface area contributed by atoms with Crippen LogP contribution in [-0.4, -0.2) is 23.7 Å². The van der Waals surface area contributed by atoms with Gasteiger partial charge in [-0.05, 0) is 30.7 Å². The van der Waals surface area contributed by atoms with Gasteiger partial charge in [0.15, 0.2) is 0 Å². The maximum Gasteiger partial charge on any atom is 0.338 e. The van der Waals surface area contributed by atoms with Crippen LogP contribution in [0.25, 0.3) is 0 Å². The maximum absolute atomic E-state index is 11.9. The number of carboxylic acids is 1. The highest BCUT2D eigenvalue weighted by molar-refractivity contribution is 5.92. The van der Waals surface area contributed by atoms with E-state index >= 15 is 0 Å². The van der Waals surface area contributed by atoms with Crippen LogP contribution in [0, 0.1) is 0 Å². The normalized spacial score (nSPS) is 10.9. The third kappa shape index (κ3) is 15.0. The van der Waals surface area contributed by atoms with E-state index in [9.17, 15) is 9.59 Å². The molecule has 0 amide bonds. The van der Waals surface area contributed by atoms with Crippen molar-refractivity contribution < 1.29 is 19.4 Å². The second-order valence-corrected chi connectivity index (χ2v) is 9.03. The molecule has 0 bridgehead atoms. The summed E-state index contributed by atoms with van der Waals surface area (Å²) in [6.45, 7) is 2.70. The molecule has 0 saturated heterocycles. The first-order valence-corrected chi connectivity index (χ1v) is 13.2. The number of esters is 1. The Bertz CT molecular complexity index is 594. The molecule has 4 heteroatoms. The third-order valence-electron chi connectivity index (χ3n) is 6.10. The van der Waals surface area contributed by atoms with Crippen molar-refractivity contribution in [1.29, 1.82) is 0 Å². The SMILES string of the molecule is CCCCCCCCCCCCCCCCCCCCOC(=O)c1ccc(C(=O)O)cc1. The summed E-state index contributed by atoms with van der Waals surface area (Å²) in [7, 11) is 0. The highest BCUT2D eigenvalue weighted by atomic mass is 16.5. The summed E-state index contributed by atoms with van der Waals surface area (Å²) in [6.07, 6.45) is 24.0. The average Bonchev–Trinajstić information content (AvgIpc) is 2.80. The van der Waals surface area contributed by atoms with Crippen molar-refractivity contribution in [2.24, 2.45) is 0 Å². The molecule has 4 nitrogen and oxygen atoms in total. The second-order valence-electron chi connectivity index (χ2n) is 9.03. The van der Waals surface area contributed by atoms with E-state index in [2.05, 4.69) is 6.92 Å². The smallest absolute Gasteiger partial charge is 0.338 e. The van der Waals surface area contributed by atoms with E-state index < -0.39 is 5.97 Å². The lowest BCUT2D eigenvalue weighted by atomic mass is 10.0. The molecule has 0 heterocycles. The molecule has 0 fully saturated rings. The molecule has 1 N–H and O–H groups in total. The average molecular weight is 447 g/mol. The van der Waals surface area contributed by atoms with Gasteiger partial charge in [-0.3, -0.25) is 0 Å². The van der Waals surface area contributed by atoms with Gasteiger partial charge in [0, 0.05) is 0 Å². The van der Waals surface area contributed by atoms with E-state index in [0.717, 1.165) is 12.8 Å². The molecule has 0 spiro atoms. The minimum atomic E-state index is -0.997. The Kier molecular flexibility index (Phi) is 17.5. The number of carbonyl (C=O) groups excluding carboxylic acids is 1. The molecule has 0 saturated carbocycles. The van der Waals surface area contributed by atoms with Crippen LogP contribution in [0.15, 0.2) is 24.3 Å². The molecule has 0 aliphatic rings. The monoisotopic (exact) mass is 446 g/mol. The van der Waals surface area contributed by atoms with Crippen LogP contribution >= 0.6 is 0 Å². The first-order valence-electron chi connectivity index (χ1n) is 13.2. The lowest BCUT2D eigenvalue weighted by molar-refractivity contribution is 0.0496. The molecule has 1 rings (SSSR count). The molecule has 1 aromatic rings. The standard InChI is InChI=1S/C28H46O4/c1-2-3-4-5-6-7-8-9-10-11-12-13-14-15-16-17-18-19-24-32-28(31)26-22-20-25(21-23-26)27(29)30/h20-23H,2-19,24H2,1H3,(H,29,30). The van der Waals surface area contributed by atoms with Crippen LogP contribution < -0.4 is 0 Å². The highest BCUT2D eigenvalue weighted by Crippen LogP contribution is 2.14. The molecule has 182 valence electrons. The van der Waals surface area contributed by atoms with Crippen molar-refractivity contribution in [3.8, 4) is 0 Å². The van der Waals surface area contributed by atoms with Crippen molar-refractivity contribution in [3.05, 3.63) is 35.4 Å². The number of ether oxygens (including phenoxy) is 1. The lowest BCUT2D eigenvalue weighted by Gasteiger charge is -2.06. The quantitative estimate of drug-likeness (QED) is 0.152. The van der Waals surface area contributed by atoms with Gasteiger partial charge < -0.3 is 9.84 Å². The van der Waals surface area contributed by atoms with E-state index in [-0.39, 0.29) is 11.5 Å². The van der Waals surface area contributed by atoms with Crippen molar-refractivity contribution in [2.75, 3.05) is 6.61 Å². The molecule has 0 unspecified atom stereocenters. The summed E-state index contributed by atoms with van der Waals surface area (Å²) in [5.74, 6) is -1.38. The van der Waals surface area contributed by atoms with E-state index in [0.29, 0.717) is 12.2 Å². The first kappa shape index (κ1) is 28.2. The lowest BCUT2D eigenvalue weighted by Crippen LogP contribution is -2.07. The number of hydrogen-bond donors (Lipinski definition) is 1. The molecule has 1 aromatic carbocycles. The van der Waals surface area contributed by atoms with Crippen LogP contribution in [0.1, 0.15) is 143 Å². The summed E-state index contributed by atoms with van der Waals surface area (Å²) in [4.78, 5) is 22.8. The predicted octanol–water partition coefficient (Wildman–Crippen LogP) is 8.58. The number of hydrogen-bond acceptors (Lipinski definition) is 3. The zero-order valence-corrected chi connectivity index (χ0v) is 20.4. The molecule has 32 heavy (non-hydrogen) atoms. The molecule has 0 aromatic heterocycles. The second kappa shape index (κ2) is 19.8. The molecule has 0 atom stereocenters. The zero-order chi connectivity index (χ0) is 23.3. The largest absolute Gasteiger partial charge is 0.478 e. The Morgan fingerprint density at radius 2 is 0.938 bits per heavy atom. The van der Waals surface area contributed by atoms with Gasteiger partial charge in [0.2, 0.25) is 0 Å². The zero-order valence-electron chi connectivity index (χ0n) is 20.4. The first-order chi connectivity index (χ1) is 15.6. The predicted molar refractivity (Wildman–Crippen MR) is 132 cm³/mol. The Morgan fingerprint density at radius 1 is 0.594 bits per heavy atom. The van der Waals surface area contributed by atoms with Crippen LogP contribution in [0.3, 0.4) is 0 Å². The van der Waals surface area contributed by atoms with Crippen molar-refractivity contribution >= 4 is 11.9 Å². The van der Waals surface area contributed by atoms with E-state index in [1.807, 2.05) is 0 Å². The molecule has 0 aliphatic heterocycles. The number of carboxylic acid groups (broad SMARTS) is 1. The fourth-order valence-corrected chi connectivity index (χ4v) is 4.00. The summed E-state index contributed by atoms with van der Waals surface area (Å²) < 4.78 is 5.27. The van der Waals surface area contributed by atoms with Crippen LogP contribution in [0.4, 0.5) is 0 Å². The van der Waals surface area contributed by atoms with Crippen LogP contribution in [0.2, 0.25) is 0 Å². The van der Waals surface area contributed by atoms with Gasteiger partial charge in [0.1, 0.15) is 0 Å².